The topological polar surface area (TPSA) is 117 Å². The van der Waals surface area contributed by atoms with Gasteiger partial charge in [0, 0.05) is 24.0 Å². The molecule has 0 amide bonds. The van der Waals surface area contributed by atoms with Crippen molar-refractivity contribution in [3.8, 4) is 0 Å². The number of fused-ring (bicyclic) bond motifs is 4. The molecule has 5 saturated carbocycles. The first kappa shape index (κ1) is 34.1. The number of esters is 1. The zero-order valence-corrected chi connectivity index (χ0v) is 29.5. The summed E-state index contributed by atoms with van der Waals surface area (Å²) in [4.78, 5) is 13.0. The Kier molecular flexibility index (Phi) is 8.43. The third kappa shape index (κ3) is 4.61. The summed E-state index contributed by atoms with van der Waals surface area (Å²) in [6.45, 7) is 20.2. The van der Waals surface area contributed by atoms with Crippen molar-refractivity contribution in [2.45, 2.75) is 156 Å². The van der Waals surface area contributed by atoms with Gasteiger partial charge in [0.05, 0.1) is 30.5 Å². The van der Waals surface area contributed by atoms with E-state index in [4.69, 9.17) is 19.3 Å². The molecule has 258 valence electrons. The summed E-state index contributed by atoms with van der Waals surface area (Å²) >= 11 is 0. The highest BCUT2D eigenvalue weighted by Gasteiger charge is 2.84. The van der Waals surface area contributed by atoms with E-state index in [-0.39, 0.29) is 63.9 Å². The Morgan fingerprint density at radius 3 is 2.38 bits per heavy atom. The lowest BCUT2D eigenvalue weighted by atomic mass is 9.41. The molecule has 6 rings (SSSR count). The average Bonchev–Trinajstić information content (AvgIpc) is 3.60. The number of hydrogen-bond donors (Lipinski definition) is 4. The standard InChI is InChI=1S/C37H63NO7/c1-10-43-30(33(6,7)42)23-19-21(2)27-28(44-23)29(40)35(9)25-12-11-24-32(4,5)26(45-31(41)22(3)38-17-18-39)13-14-36(24)20-37(25,36)16-15-34(27,35)8/h21-30,38-40,42H,10-20H2,1-9H3. The maximum absolute atomic E-state index is 13.0. The van der Waals surface area contributed by atoms with Crippen molar-refractivity contribution < 1.29 is 34.3 Å². The van der Waals surface area contributed by atoms with Crippen LogP contribution in [0.4, 0.5) is 0 Å². The first-order valence-electron chi connectivity index (χ1n) is 18.2. The molecule has 14 unspecified atom stereocenters. The Morgan fingerprint density at radius 2 is 1.73 bits per heavy atom. The van der Waals surface area contributed by atoms with Crippen LogP contribution < -0.4 is 5.32 Å². The summed E-state index contributed by atoms with van der Waals surface area (Å²) in [5.74, 6) is 1.33. The Balaban J connectivity index is 1.25. The molecule has 4 N–H and O–H groups in total. The van der Waals surface area contributed by atoms with Crippen LogP contribution in [0.5, 0.6) is 0 Å². The number of carbonyl (C=O) groups excluding carboxylic acids is 1. The van der Waals surface area contributed by atoms with E-state index in [9.17, 15) is 15.0 Å². The Hall–Kier alpha value is -0.770. The van der Waals surface area contributed by atoms with Crippen molar-refractivity contribution in [2.24, 2.45) is 50.7 Å². The van der Waals surface area contributed by atoms with Gasteiger partial charge in [0.1, 0.15) is 18.2 Å². The molecule has 0 aromatic heterocycles. The van der Waals surface area contributed by atoms with Gasteiger partial charge >= 0.3 is 5.97 Å². The van der Waals surface area contributed by atoms with Gasteiger partial charge in [-0.05, 0) is 119 Å². The fourth-order valence-electron chi connectivity index (χ4n) is 13.3. The second kappa shape index (κ2) is 11.1. The highest BCUT2D eigenvalue weighted by molar-refractivity contribution is 5.75. The fraction of sp³-hybridized carbons (Fsp3) is 0.973. The molecule has 5 aliphatic carbocycles. The number of carbonyl (C=O) groups is 1. The number of hydrogen-bond acceptors (Lipinski definition) is 8. The molecule has 45 heavy (non-hydrogen) atoms. The van der Waals surface area contributed by atoms with Crippen LogP contribution in [0.25, 0.3) is 0 Å². The Bertz CT molecular complexity index is 1140. The maximum Gasteiger partial charge on any atom is 0.323 e. The number of ether oxygens (including phenoxy) is 3. The Labute approximate surface area is 271 Å². The molecule has 0 radical (unpaired) electrons. The molecule has 8 nitrogen and oxygen atoms in total. The highest BCUT2D eigenvalue weighted by Crippen LogP contribution is 2.89. The smallest absolute Gasteiger partial charge is 0.323 e. The van der Waals surface area contributed by atoms with Crippen LogP contribution in [-0.2, 0) is 19.0 Å². The van der Waals surface area contributed by atoms with Crippen molar-refractivity contribution in [3.05, 3.63) is 0 Å². The van der Waals surface area contributed by atoms with Gasteiger partial charge in [-0.3, -0.25) is 4.79 Å². The lowest BCUT2D eigenvalue weighted by molar-refractivity contribution is -0.215. The number of rotatable bonds is 9. The molecule has 6 fully saturated rings. The molecule has 0 aromatic carbocycles. The predicted molar refractivity (Wildman–Crippen MR) is 172 cm³/mol. The summed E-state index contributed by atoms with van der Waals surface area (Å²) in [6, 6.07) is -0.438. The molecule has 1 aliphatic heterocycles. The van der Waals surface area contributed by atoms with E-state index >= 15 is 0 Å². The van der Waals surface area contributed by atoms with Gasteiger partial charge < -0.3 is 34.8 Å². The van der Waals surface area contributed by atoms with Crippen molar-refractivity contribution in [1.82, 2.24) is 5.32 Å². The molecule has 1 saturated heterocycles. The maximum atomic E-state index is 13.0. The van der Waals surface area contributed by atoms with Crippen LogP contribution in [0.3, 0.4) is 0 Å². The van der Waals surface area contributed by atoms with Gasteiger partial charge in [0.15, 0.2) is 0 Å². The minimum atomic E-state index is -1.03. The van der Waals surface area contributed by atoms with Crippen LogP contribution in [0.15, 0.2) is 0 Å². The van der Waals surface area contributed by atoms with Gasteiger partial charge in [-0.1, -0.05) is 34.6 Å². The van der Waals surface area contributed by atoms with Crippen LogP contribution >= 0.6 is 0 Å². The zero-order chi connectivity index (χ0) is 33.0. The molecule has 0 bridgehead atoms. The molecule has 14 atom stereocenters. The SMILES string of the molecule is CCOC(C1CC(C)C2C(O1)C(O)C1(C)C3CCC4C(C)(C)C(OC(=O)C(C)NCCO)CCC45CC35CCC21C)C(C)(C)O. The van der Waals surface area contributed by atoms with E-state index in [1.165, 1.54) is 12.8 Å². The minimum Gasteiger partial charge on any atom is -0.461 e. The second-order valence-corrected chi connectivity index (χ2v) is 17.9. The minimum absolute atomic E-state index is 0.00517. The van der Waals surface area contributed by atoms with Crippen LogP contribution in [0.2, 0.25) is 0 Å². The van der Waals surface area contributed by atoms with Gasteiger partial charge in [0.2, 0.25) is 0 Å². The van der Waals surface area contributed by atoms with Crippen molar-refractivity contribution in [3.63, 3.8) is 0 Å². The van der Waals surface area contributed by atoms with E-state index in [1.807, 2.05) is 27.7 Å². The van der Waals surface area contributed by atoms with Crippen LogP contribution in [0, 0.1) is 50.7 Å². The van der Waals surface area contributed by atoms with Gasteiger partial charge in [0.25, 0.3) is 0 Å². The first-order valence-corrected chi connectivity index (χ1v) is 18.2. The second-order valence-electron chi connectivity index (χ2n) is 17.9. The van der Waals surface area contributed by atoms with Crippen LogP contribution in [0.1, 0.15) is 114 Å². The molecular weight excluding hydrogens is 570 g/mol. The summed E-state index contributed by atoms with van der Waals surface area (Å²) in [7, 11) is 0. The lowest BCUT2D eigenvalue weighted by Gasteiger charge is -2.63. The summed E-state index contributed by atoms with van der Waals surface area (Å²) in [5.41, 5.74) is -0.964. The van der Waals surface area contributed by atoms with E-state index in [0.29, 0.717) is 30.9 Å². The molecule has 8 heteroatoms. The van der Waals surface area contributed by atoms with Crippen molar-refractivity contribution in [1.29, 1.82) is 0 Å². The van der Waals surface area contributed by atoms with Gasteiger partial charge in [-0.15, -0.1) is 0 Å². The fourth-order valence-corrected chi connectivity index (χ4v) is 13.3. The summed E-state index contributed by atoms with van der Waals surface area (Å²) in [6.07, 6.45) is 6.93. The molecular formula is C37H63NO7. The lowest BCUT2D eigenvalue weighted by Crippen LogP contribution is -2.60. The number of nitrogens with one attached hydrogen (secondary N) is 1. The average molecular weight is 634 g/mol. The highest BCUT2D eigenvalue weighted by atomic mass is 16.6. The van der Waals surface area contributed by atoms with Crippen LogP contribution in [-0.4, -0.2) is 83.2 Å². The molecule has 2 spiro atoms. The molecule has 0 aromatic rings. The number of aliphatic hydroxyl groups excluding tert-OH is 2. The molecule has 1 heterocycles. The van der Waals surface area contributed by atoms with E-state index in [0.717, 1.165) is 38.5 Å². The van der Waals surface area contributed by atoms with E-state index in [1.54, 1.807) is 0 Å². The zero-order valence-electron chi connectivity index (χ0n) is 29.5. The normalized spacial score (nSPS) is 49.4. The molecule has 6 aliphatic rings. The number of aliphatic hydroxyl groups is 3. The third-order valence-electron chi connectivity index (χ3n) is 15.3. The van der Waals surface area contributed by atoms with Gasteiger partial charge in [-0.2, -0.15) is 0 Å². The quantitative estimate of drug-likeness (QED) is 0.266. The van der Waals surface area contributed by atoms with E-state index in [2.05, 4.69) is 39.9 Å². The summed E-state index contributed by atoms with van der Waals surface area (Å²) < 4.78 is 19.2. The largest absolute Gasteiger partial charge is 0.461 e. The van der Waals surface area contributed by atoms with E-state index < -0.39 is 23.9 Å². The predicted octanol–water partition coefficient (Wildman–Crippen LogP) is 4.86. The first-order chi connectivity index (χ1) is 21.0. The van der Waals surface area contributed by atoms with Crippen molar-refractivity contribution in [2.75, 3.05) is 19.8 Å². The Morgan fingerprint density at radius 1 is 1.07 bits per heavy atom. The third-order valence-corrected chi connectivity index (χ3v) is 15.3. The van der Waals surface area contributed by atoms with Crippen molar-refractivity contribution >= 4 is 5.97 Å². The van der Waals surface area contributed by atoms with Gasteiger partial charge in [-0.25, -0.2) is 0 Å². The monoisotopic (exact) mass is 633 g/mol. The summed E-state index contributed by atoms with van der Waals surface area (Å²) in [5, 5.41) is 35.8.